The Morgan fingerprint density at radius 2 is 1.72 bits per heavy atom. The van der Waals surface area contributed by atoms with Gasteiger partial charge in [0.2, 0.25) is 0 Å². The Morgan fingerprint density at radius 1 is 1.06 bits per heavy atom. The zero-order chi connectivity index (χ0) is 13.4. The quantitative estimate of drug-likeness (QED) is 0.480. The molecule has 0 amide bonds. The van der Waals surface area contributed by atoms with Crippen molar-refractivity contribution in [3.63, 3.8) is 0 Å². The Balaban J connectivity index is 2.29. The van der Waals surface area contributed by atoms with Crippen molar-refractivity contribution in [2.24, 2.45) is 0 Å². The van der Waals surface area contributed by atoms with Crippen LogP contribution >= 0.6 is 0 Å². The molecule has 0 aromatic carbocycles. The first-order valence-corrected chi connectivity index (χ1v) is 6.81. The highest BCUT2D eigenvalue weighted by Gasteiger charge is 2.15. The van der Waals surface area contributed by atoms with E-state index >= 15 is 0 Å². The smallest absolute Gasteiger partial charge is 0.186 e. The summed E-state index contributed by atoms with van der Waals surface area (Å²) in [6.07, 6.45) is 12.2. The predicted octanol–water partition coefficient (Wildman–Crippen LogP) is 3.93. The molecule has 0 radical (unpaired) electrons. The lowest BCUT2D eigenvalue weighted by atomic mass is 9.93. The van der Waals surface area contributed by atoms with Crippen molar-refractivity contribution in [3.05, 3.63) is 36.0 Å². The predicted molar refractivity (Wildman–Crippen MR) is 74.4 cm³/mol. The molecule has 0 bridgehead atoms. The molecule has 0 fully saturated rings. The highest BCUT2D eigenvalue weighted by atomic mass is 16.1. The van der Waals surface area contributed by atoms with Crippen LogP contribution in [0.5, 0.6) is 0 Å². The van der Waals surface area contributed by atoms with Gasteiger partial charge in [0.1, 0.15) is 0 Å². The van der Waals surface area contributed by atoms with Crippen molar-refractivity contribution >= 4 is 11.6 Å². The molecule has 0 saturated heterocycles. The van der Waals surface area contributed by atoms with Gasteiger partial charge < -0.3 is 0 Å². The third-order valence-corrected chi connectivity index (χ3v) is 3.16. The maximum absolute atomic E-state index is 11.6. The lowest BCUT2D eigenvalue weighted by Crippen LogP contribution is -2.09. The molecule has 1 rings (SSSR count). The van der Waals surface area contributed by atoms with Gasteiger partial charge in [-0.15, -0.1) is 0 Å². The molecule has 0 N–H and O–H groups in total. The molecular formula is C16H22O2. The standard InChI is InChI=1S/C16H22O2/c1-3-4-5-6-7-8-9-13(2)15-12-14(17)10-11-16(15)18/h10-12H,2-9H2,1H3. The molecular weight excluding hydrogens is 224 g/mol. The van der Waals surface area contributed by atoms with Gasteiger partial charge in [-0.1, -0.05) is 45.6 Å². The van der Waals surface area contributed by atoms with Crippen LogP contribution in [-0.4, -0.2) is 11.6 Å². The van der Waals surface area contributed by atoms with Gasteiger partial charge in [-0.25, -0.2) is 0 Å². The molecule has 0 heterocycles. The monoisotopic (exact) mass is 246 g/mol. The molecule has 0 unspecified atom stereocenters. The molecule has 98 valence electrons. The summed E-state index contributed by atoms with van der Waals surface area (Å²) < 4.78 is 0. The average Bonchev–Trinajstić information content (AvgIpc) is 2.36. The second kappa shape index (κ2) is 7.80. The number of unbranched alkanes of at least 4 members (excludes halogenated alkanes) is 5. The second-order valence-corrected chi connectivity index (χ2v) is 4.78. The van der Waals surface area contributed by atoms with E-state index in [9.17, 15) is 9.59 Å². The van der Waals surface area contributed by atoms with Crippen molar-refractivity contribution in [1.82, 2.24) is 0 Å². The number of ketones is 2. The molecule has 1 aliphatic rings. The summed E-state index contributed by atoms with van der Waals surface area (Å²) in [5.74, 6) is -0.209. The van der Waals surface area contributed by atoms with Crippen LogP contribution < -0.4 is 0 Å². The third-order valence-electron chi connectivity index (χ3n) is 3.16. The van der Waals surface area contributed by atoms with Crippen molar-refractivity contribution in [2.45, 2.75) is 51.9 Å². The zero-order valence-electron chi connectivity index (χ0n) is 11.2. The summed E-state index contributed by atoms with van der Waals surface area (Å²) >= 11 is 0. The summed E-state index contributed by atoms with van der Waals surface area (Å²) in [5.41, 5.74) is 1.30. The van der Waals surface area contributed by atoms with E-state index in [1.807, 2.05) is 0 Å². The average molecular weight is 246 g/mol. The molecule has 0 spiro atoms. The largest absolute Gasteiger partial charge is 0.290 e. The molecule has 0 aliphatic heterocycles. The normalized spacial score (nSPS) is 14.8. The van der Waals surface area contributed by atoms with E-state index in [-0.39, 0.29) is 11.6 Å². The Labute approximate surface area is 109 Å². The van der Waals surface area contributed by atoms with E-state index in [1.54, 1.807) is 0 Å². The van der Waals surface area contributed by atoms with Gasteiger partial charge in [0, 0.05) is 5.57 Å². The fraction of sp³-hybridized carbons (Fsp3) is 0.500. The van der Waals surface area contributed by atoms with Crippen LogP contribution in [0.25, 0.3) is 0 Å². The summed E-state index contributed by atoms with van der Waals surface area (Å²) in [7, 11) is 0. The van der Waals surface area contributed by atoms with Crippen molar-refractivity contribution in [1.29, 1.82) is 0 Å². The summed E-state index contributed by atoms with van der Waals surface area (Å²) in [6, 6.07) is 0. The first kappa shape index (κ1) is 14.6. The number of allylic oxidation sites excluding steroid dienone is 5. The van der Waals surface area contributed by atoms with Gasteiger partial charge in [0.05, 0.1) is 0 Å². The first-order chi connectivity index (χ1) is 8.65. The topological polar surface area (TPSA) is 34.1 Å². The lowest BCUT2D eigenvalue weighted by molar-refractivity contribution is -0.114. The van der Waals surface area contributed by atoms with Crippen LogP contribution in [0.15, 0.2) is 36.0 Å². The summed E-state index contributed by atoms with van der Waals surface area (Å²) in [6.45, 7) is 6.12. The number of carbonyl (C=O) groups is 2. The fourth-order valence-corrected chi connectivity index (χ4v) is 2.04. The van der Waals surface area contributed by atoms with Crippen molar-refractivity contribution in [2.75, 3.05) is 0 Å². The summed E-state index contributed by atoms with van der Waals surface area (Å²) in [4.78, 5) is 22.8. The van der Waals surface area contributed by atoms with Crippen LogP contribution in [0.1, 0.15) is 51.9 Å². The molecule has 0 atom stereocenters. The van der Waals surface area contributed by atoms with Gasteiger partial charge in [0.15, 0.2) is 11.6 Å². The summed E-state index contributed by atoms with van der Waals surface area (Å²) in [5, 5.41) is 0. The molecule has 2 nitrogen and oxygen atoms in total. The van der Waals surface area contributed by atoms with Crippen LogP contribution in [0.3, 0.4) is 0 Å². The van der Waals surface area contributed by atoms with Crippen molar-refractivity contribution < 1.29 is 9.59 Å². The van der Waals surface area contributed by atoms with Gasteiger partial charge in [0.25, 0.3) is 0 Å². The highest BCUT2D eigenvalue weighted by molar-refractivity contribution is 6.19. The number of rotatable bonds is 8. The Morgan fingerprint density at radius 3 is 2.44 bits per heavy atom. The van der Waals surface area contributed by atoms with Crippen LogP contribution in [0.4, 0.5) is 0 Å². The van der Waals surface area contributed by atoms with E-state index in [0.29, 0.717) is 5.57 Å². The zero-order valence-corrected chi connectivity index (χ0v) is 11.2. The van der Waals surface area contributed by atoms with Gasteiger partial charge in [-0.3, -0.25) is 9.59 Å². The third kappa shape index (κ3) is 4.82. The van der Waals surface area contributed by atoms with E-state index in [2.05, 4.69) is 13.5 Å². The van der Waals surface area contributed by atoms with Crippen LogP contribution in [0, 0.1) is 0 Å². The number of carbonyl (C=O) groups excluding carboxylic acids is 2. The molecule has 0 saturated carbocycles. The minimum absolute atomic E-state index is 0.0921. The van der Waals surface area contributed by atoms with E-state index in [0.717, 1.165) is 18.4 Å². The molecule has 1 aliphatic carbocycles. The van der Waals surface area contributed by atoms with E-state index < -0.39 is 0 Å². The van der Waals surface area contributed by atoms with E-state index in [4.69, 9.17) is 0 Å². The Kier molecular flexibility index (Phi) is 6.34. The molecule has 0 aromatic heterocycles. The highest BCUT2D eigenvalue weighted by Crippen LogP contribution is 2.20. The Hall–Kier alpha value is -1.44. The SMILES string of the molecule is C=C(CCCCCCCC)C1=CC(=O)C=CC1=O. The van der Waals surface area contributed by atoms with Crippen molar-refractivity contribution in [3.8, 4) is 0 Å². The fourth-order valence-electron chi connectivity index (χ4n) is 2.04. The van der Waals surface area contributed by atoms with Gasteiger partial charge in [-0.2, -0.15) is 0 Å². The van der Waals surface area contributed by atoms with Gasteiger partial charge >= 0.3 is 0 Å². The minimum atomic E-state index is -0.117. The second-order valence-electron chi connectivity index (χ2n) is 4.78. The number of hydrogen-bond acceptors (Lipinski definition) is 2. The number of hydrogen-bond donors (Lipinski definition) is 0. The molecule has 0 aromatic rings. The van der Waals surface area contributed by atoms with E-state index in [1.165, 1.54) is 50.3 Å². The first-order valence-electron chi connectivity index (χ1n) is 6.81. The van der Waals surface area contributed by atoms with Gasteiger partial charge in [-0.05, 0) is 36.6 Å². The molecule has 2 heteroatoms. The van der Waals surface area contributed by atoms with Crippen LogP contribution in [0.2, 0.25) is 0 Å². The minimum Gasteiger partial charge on any atom is -0.290 e. The Bertz CT molecular complexity index is 386. The maximum atomic E-state index is 11.6. The van der Waals surface area contributed by atoms with Crippen LogP contribution in [-0.2, 0) is 9.59 Å². The lowest BCUT2D eigenvalue weighted by Gasteiger charge is -2.10. The maximum Gasteiger partial charge on any atom is 0.186 e. The molecule has 18 heavy (non-hydrogen) atoms.